The Kier molecular flexibility index (Phi) is 7.04. The van der Waals surface area contributed by atoms with Crippen molar-refractivity contribution in [2.75, 3.05) is 31.2 Å². The zero-order chi connectivity index (χ0) is 18.4. The maximum atomic E-state index is 12.1. The largest absolute Gasteiger partial charge is 0.378 e. The van der Waals surface area contributed by atoms with Gasteiger partial charge in [-0.1, -0.05) is 19.8 Å². The van der Waals surface area contributed by atoms with Gasteiger partial charge in [-0.2, -0.15) is 0 Å². The number of nitrogens with one attached hydrogen (secondary N) is 3. The lowest BCUT2D eigenvalue weighted by Crippen LogP contribution is -2.51. The van der Waals surface area contributed by atoms with E-state index in [1.807, 2.05) is 5.38 Å². The summed E-state index contributed by atoms with van der Waals surface area (Å²) in [6.07, 6.45) is 5.10. The van der Waals surface area contributed by atoms with E-state index >= 15 is 0 Å². The SMILES string of the molecule is C[C@H]1CCCC[C@H]1NC(=S)NNC(=O)Cc1csc(N2CCOCC2)n1. The molecule has 1 saturated heterocycles. The molecule has 1 aliphatic carbocycles. The van der Waals surface area contributed by atoms with E-state index in [4.69, 9.17) is 17.0 Å². The van der Waals surface area contributed by atoms with E-state index in [1.54, 1.807) is 11.3 Å². The molecule has 2 atom stereocenters. The molecule has 3 rings (SSSR count). The van der Waals surface area contributed by atoms with Crippen molar-refractivity contribution in [3.63, 3.8) is 0 Å². The van der Waals surface area contributed by atoms with Crippen molar-refractivity contribution in [2.45, 2.75) is 45.1 Å². The van der Waals surface area contributed by atoms with Crippen LogP contribution in [0.4, 0.5) is 5.13 Å². The molecule has 9 heteroatoms. The zero-order valence-electron chi connectivity index (χ0n) is 15.1. The first-order chi connectivity index (χ1) is 12.6. The molecule has 26 heavy (non-hydrogen) atoms. The molecule has 2 heterocycles. The van der Waals surface area contributed by atoms with Gasteiger partial charge in [0.15, 0.2) is 10.2 Å². The normalized spacial score (nSPS) is 23.3. The number of carbonyl (C=O) groups is 1. The van der Waals surface area contributed by atoms with E-state index in [0.29, 0.717) is 17.1 Å². The number of rotatable bonds is 4. The molecule has 144 valence electrons. The van der Waals surface area contributed by atoms with E-state index in [9.17, 15) is 4.79 Å². The number of morpholine rings is 1. The zero-order valence-corrected chi connectivity index (χ0v) is 16.8. The Bertz CT molecular complexity index is 618. The fourth-order valence-electron chi connectivity index (χ4n) is 3.35. The molecule has 1 aromatic rings. The highest BCUT2D eigenvalue weighted by atomic mass is 32.1. The van der Waals surface area contributed by atoms with Gasteiger partial charge in [0, 0.05) is 24.5 Å². The predicted octanol–water partition coefficient (Wildman–Crippen LogP) is 1.60. The van der Waals surface area contributed by atoms with E-state index in [-0.39, 0.29) is 12.3 Å². The first-order valence-corrected chi connectivity index (χ1v) is 10.5. The molecule has 0 unspecified atom stereocenters. The van der Waals surface area contributed by atoms with Crippen LogP contribution in [-0.2, 0) is 16.0 Å². The van der Waals surface area contributed by atoms with Gasteiger partial charge in [-0.3, -0.25) is 15.6 Å². The molecule has 2 fully saturated rings. The molecule has 0 aromatic carbocycles. The van der Waals surface area contributed by atoms with Crippen LogP contribution >= 0.6 is 23.6 Å². The molecule has 0 bridgehead atoms. The van der Waals surface area contributed by atoms with Gasteiger partial charge in [-0.05, 0) is 31.0 Å². The van der Waals surface area contributed by atoms with Crippen molar-refractivity contribution in [1.82, 2.24) is 21.2 Å². The van der Waals surface area contributed by atoms with Crippen LogP contribution in [0.15, 0.2) is 5.38 Å². The lowest BCUT2D eigenvalue weighted by molar-refractivity contribution is -0.121. The third-order valence-corrected chi connectivity index (χ3v) is 6.08. The van der Waals surface area contributed by atoms with E-state index < -0.39 is 0 Å². The monoisotopic (exact) mass is 397 g/mol. The fraction of sp³-hybridized carbons (Fsp3) is 0.706. The van der Waals surface area contributed by atoms with Crippen LogP contribution in [-0.4, -0.2) is 48.3 Å². The van der Waals surface area contributed by atoms with Crippen LogP contribution in [0.5, 0.6) is 0 Å². The van der Waals surface area contributed by atoms with Crippen LogP contribution in [0.1, 0.15) is 38.3 Å². The Labute approximate surface area is 163 Å². The summed E-state index contributed by atoms with van der Waals surface area (Å²) in [6.45, 7) is 5.39. The van der Waals surface area contributed by atoms with E-state index in [0.717, 1.165) is 43.5 Å². The predicted molar refractivity (Wildman–Crippen MR) is 107 cm³/mol. The number of hydrazine groups is 1. The third kappa shape index (κ3) is 5.52. The maximum absolute atomic E-state index is 12.1. The number of anilines is 1. The smallest absolute Gasteiger partial charge is 0.244 e. The van der Waals surface area contributed by atoms with Gasteiger partial charge in [0.05, 0.1) is 25.3 Å². The highest BCUT2D eigenvalue weighted by Crippen LogP contribution is 2.23. The Morgan fingerprint density at radius 2 is 2.12 bits per heavy atom. The molecule has 0 spiro atoms. The molecule has 1 aromatic heterocycles. The van der Waals surface area contributed by atoms with Crippen molar-refractivity contribution >= 4 is 39.7 Å². The molecule has 3 N–H and O–H groups in total. The topological polar surface area (TPSA) is 78.5 Å². The Hall–Kier alpha value is -1.45. The molecule has 7 nitrogen and oxygen atoms in total. The van der Waals surface area contributed by atoms with Gasteiger partial charge in [-0.15, -0.1) is 11.3 Å². The molecular formula is C17H27N5O2S2. The van der Waals surface area contributed by atoms with Crippen LogP contribution in [0.25, 0.3) is 0 Å². The lowest BCUT2D eigenvalue weighted by atomic mass is 9.86. The Morgan fingerprint density at radius 1 is 1.35 bits per heavy atom. The molecule has 1 saturated carbocycles. The summed E-state index contributed by atoms with van der Waals surface area (Å²) in [4.78, 5) is 18.9. The summed E-state index contributed by atoms with van der Waals surface area (Å²) >= 11 is 6.86. The van der Waals surface area contributed by atoms with Gasteiger partial charge in [-0.25, -0.2) is 4.98 Å². The highest BCUT2D eigenvalue weighted by molar-refractivity contribution is 7.80. The number of thiazole rings is 1. The van der Waals surface area contributed by atoms with Crippen LogP contribution < -0.4 is 21.1 Å². The summed E-state index contributed by atoms with van der Waals surface area (Å²) in [6, 6.07) is 0.385. The van der Waals surface area contributed by atoms with Crippen molar-refractivity contribution < 1.29 is 9.53 Å². The quantitative estimate of drug-likeness (QED) is 0.526. The van der Waals surface area contributed by atoms with Gasteiger partial charge in [0.25, 0.3) is 0 Å². The molecular weight excluding hydrogens is 370 g/mol. The number of hydrogen-bond acceptors (Lipinski definition) is 6. The molecule has 0 radical (unpaired) electrons. The number of aromatic nitrogens is 1. The number of nitrogens with zero attached hydrogens (tertiary/aromatic N) is 2. The molecule has 1 aliphatic heterocycles. The first-order valence-electron chi connectivity index (χ1n) is 9.24. The van der Waals surface area contributed by atoms with Gasteiger partial charge in [0.1, 0.15) is 0 Å². The van der Waals surface area contributed by atoms with Gasteiger partial charge in [0.2, 0.25) is 5.91 Å². The second-order valence-corrected chi connectivity index (χ2v) is 8.16. The third-order valence-electron chi connectivity index (χ3n) is 4.91. The van der Waals surface area contributed by atoms with Gasteiger partial charge < -0.3 is 15.0 Å². The standard InChI is InChI=1S/C17H27N5O2S2/c1-12-4-2-3-5-14(12)19-16(25)21-20-15(23)10-13-11-26-17(18-13)22-6-8-24-9-7-22/h11-12,14H,2-10H2,1H3,(H,20,23)(H2,19,21,25)/t12-,14+/m0/s1. The minimum atomic E-state index is -0.148. The minimum absolute atomic E-state index is 0.148. The molecule has 2 aliphatic rings. The summed E-state index contributed by atoms with van der Waals surface area (Å²) in [7, 11) is 0. The average Bonchev–Trinajstić information content (AvgIpc) is 3.11. The fourth-order valence-corrected chi connectivity index (χ4v) is 4.43. The summed E-state index contributed by atoms with van der Waals surface area (Å²) in [5, 5.41) is 6.67. The highest BCUT2D eigenvalue weighted by Gasteiger charge is 2.22. The molecule has 1 amide bonds. The first kappa shape index (κ1) is 19.3. The summed E-state index contributed by atoms with van der Waals surface area (Å²) in [5.41, 5.74) is 6.25. The van der Waals surface area contributed by atoms with Crippen LogP contribution in [0.3, 0.4) is 0 Å². The van der Waals surface area contributed by atoms with Crippen molar-refractivity contribution in [1.29, 1.82) is 0 Å². The Morgan fingerprint density at radius 3 is 2.88 bits per heavy atom. The lowest BCUT2D eigenvalue weighted by Gasteiger charge is -2.30. The van der Waals surface area contributed by atoms with Crippen molar-refractivity contribution in [3.8, 4) is 0 Å². The van der Waals surface area contributed by atoms with Crippen LogP contribution in [0.2, 0.25) is 0 Å². The number of carbonyl (C=O) groups excluding carboxylic acids is 1. The number of hydrogen-bond donors (Lipinski definition) is 3. The van der Waals surface area contributed by atoms with Crippen LogP contribution in [0, 0.1) is 5.92 Å². The average molecular weight is 398 g/mol. The Balaban J connectivity index is 1.39. The van der Waals surface area contributed by atoms with E-state index in [1.165, 1.54) is 19.3 Å². The minimum Gasteiger partial charge on any atom is -0.378 e. The van der Waals surface area contributed by atoms with Crippen molar-refractivity contribution in [3.05, 3.63) is 11.1 Å². The van der Waals surface area contributed by atoms with Gasteiger partial charge >= 0.3 is 0 Å². The second kappa shape index (κ2) is 9.48. The maximum Gasteiger partial charge on any atom is 0.244 e. The summed E-state index contributed by atoms with van der Waals surface area (Å²) in [5.74, 6) is 0.456. The number of thiocarbonyl (C=S) groups is 1. The van der Waals surface area contributed by atoms with Crippen molar-refractivity contribution in [2.24, 2.45) is 5.92 Å². The number of amides is 1. The second-order valence-electron chi connectivity index (χ2n) is 6.91. The van der Waals surface area contributed by atoms with E-state index in [2.05, 4.69) is 33.0 Å². The number of ether oxygens (including phenoxy) is 1. The summed E-state index contributed by atoms with van der Waals surface area (Å²) < 4.78 is 5.35.